The highest BCUT2D eigenvalue weighted by Crippen LogP contribution is 2.49. The summed E-state index contributed by atoms with van der Waals surface area (Å²) in [5, 5.41) is 18.8. The Hall–Kier alpha value is -1.29. The van der Waals surface area contributed by atoms with Crippen molar-refractivity contribution in [1.29, 1.82) is 0 Å². The van der Waals surface area contributed by atoms with E-state index in [9.17, 15) is 14.3 Å². The molecule has 1 aliphatic carbocycles. The fourth-order valence-corrected chi connectivity index (χ4v) is 2.39. The van der Waals surface area contributed by atoms with E-state index in [2.05, 4.69) is 0 Å². The smallest absolute Gasteiger partial charge is 0.303 e. The summed E-state index contributed by atoms with van der Waals surface area (Å²) in [7, 11) is 0. The predicted octanol–water partition coefficient (Wildman–Crippen LogP) is 3.15. The van der Waals surface area contributed by atoms with Gasteiger partial charge >= 0.3 is 5.97 Å². The van der Waals surface area contributed by atoms with E-state index in [1.807, 2.05) is 0 Å². The van der Waals surface area contributed by atoms with Crippen LogP contribution in [0, 0.1) is 11.7 Å². The molecule has 1 aromatic rings. The van der Waals surface area contributed by atoms with Crippen LogP contribution in [-0.4, -0.2) is 16.2 Å². The van der Waals surface area contributed by atoms with E-state index in [4.69, 9.17) is 16.7 Å². The van der Waals surface area contributed by atoms with Crippen LogP contribution in [0.2, 0.25) is 5.02 Å². The van der Waals surface area contributed by atoms with Crippen molar-refractivity contribution in [1.82, 2.24) is 0 Å². The molecule has 5 heteroatoms. The fraction of sp³-hybridized carbons (Fsp3) is 0.417. The van der Waals surface area contributed by atoms with E-state index in [0.29, 0.717) is 0 Å². The van der Waals surface area contributed by atoms with Crippen molar-refractivity contribution < 1.29 is 19.4 Å². The minimum Gasteiger partial charge on any atom is -0.505 e. The van der Waals surface area contributed by atoms with E-state index < -0.39 is 23.5 Å². The summed E-state index contributed by atoms with van der Waals surface area (Å²) in [6.45, 7) is 0. The van der Waals surface area contributed by atoms with Gasteiger partial charge in [-0.1, -0.05) is 11.6 Å². The Morgan fingerprint density at radius 3 is 2.71 bits per heavy atom. The Morgan fingerprint density at radius 2 is 2.18 bits per heavy atom. The molecule has 0 amide bonds. The second kappa shape index (κ2) is 4.53. The molecule has 17 heavy (non-hydrogen) atoms. The number of aliphatic carboxylic acids is 1. The summed E-state index contributed by atoms with van der Waals surface area (Å²) in [5.74, 6) is -2.48. The topological polar surface area (TPSA) is 57.5 Å². The fourth-order valence-electron chi connectivity index (χ4n) is 2.10. The average Bonchev–Trinajstić information content (AvgIpc) is 3.06. The monoisotopic (exact) mass is 258 g/mol. The van der Waals surface area contributed by atoms with Gasteiger partial charge < -0.3 is 10.2 Å². The van der Waals surface area contributed by atoms with Crippen LogP contribution in [0.3, 0.4) is 0 Å². The summed E-state index contributed by atoms with van der Waals surface area (Å²) >= 11 is 5.93. The molecule has 0 saturated heterocycles. The third kappa shape index (κ3) is 2.52. The summed E-state index contributed by atoms with van der Waals surface area (Å²) in [6, 6.07) is 2.43. The molecule has 0 bridgehead atoms. The van der Waals surface area contributed by atoms with Gasteiger partial charge in [0.25, 0.3) is 0 Å². The number of phenolic OH excluding ortho intramolecular Hbond substituents is 1. The minimum absolute atomic E-state index is 0.137. The molecule has 92 valence electrons. The Kier molecular flexibility index (Phi) is 3.24. The van der Waals surface area contributed by atoms with E-state index in [0.717, 1.165) is 18.9 Å². The lowest BCUT2D eigenvalue weighted by molar-refractivity contribution is -0.137. The van der Waals surface area contributed by atoms with Gasteiger partial charge in [0.1, 0.15) is 0 Å². The number of aromatic hydroxyl groups is 1. The minimum atomic E-state index is -0.971. The zero-order valence-electron chi connectivity index (χ0n) is 8.99. The molecule has 0 radical (unpaired) electrons. The van der Waals surface area contributed by atoms with Gasteiger partial charge in [-0.25, -0.2) is 4.39 Å². The zero-order valence-corrected chi connectivity index (χ0v) is 9.75. The lowest BCUT2D eigenvalue weighted by Gasteiger charge is -2.17. The lowest BCUT2D eigenvalue weighted by atomic mass is 9.90. The normalized spacial score (nSPS) is 16.8. The van der Waals surface area contributed by atoms with Crippen molar-refractivity contribution in [3.05, 3.63) is 28.5 Å². The van der Waals surface area contributed by atoms with Crippen molar-refractivity contribution in [2.24, 2.45) is 5.92 Å². The molecule has 1 aliphatic rings. The van der Waals surface area contributed by atoms with Crippen molar-refractivity contribution in [3.63, 3.8) is 0 Å². The highest BCUT2D eigenvalue weighted by molar-refractivity contribution is 6.31. The van der Waals surface area contributed by atoms with E-state index >= 15 is 0 Å². The number of phenols is 1. The Labute approximate surface area is 103 Å². The second-order valence-electron chi connectivity index (χ2n) is 4.33. The summed E-state index contributed by atoms with van der Waals surface area (Å²) in [5.41, 5.74) is 0.233. The van der Waals surface area contributed by atoms with E-state index in [1.165, 1.54) is 6.07 Å². The number of hydrogen-bond donors (Lipinski definition) is 2. The third-order valence-electron chi connectivity index (χ3n) is 3.07. The van der Waals surface area contributed by atoms with Crippen molar-refractivity contribution in [2.75, 3.05) is 0 Å². The van der Waals surface area contributed by atoms with Crippen LogP contribution in [-0.2, 0) is 4.79 Å². The number of hydrogen-bond acceptors (Lipinski definition) is 2. The molecule has 0 spiro atoms. The number of rotatable bonds is 4. The molecule has 1 fully saturated rings. The molecule has 2 rings (SSSR count). The number of halogens is 2. The number of benzene rings is 1. The predicted molar refractivity (Wildman–Crippen MR) is 60.8 cm³/mol. The van der Waals surface area contributed by atoms with E-state index in [-0.39, 0.29) is 22.9 Å². The van der Waals surface area contributed by atoms with Crippen LogP contribution in [0.25, 0.3) is 0 Å². The largest absolute Gasteiger partial charge is 0.505 e. The van der Waals surface area contributed by atoms with Gasteiger partial charge in [-0.05, 0) is 30.9 Å². The Morgan fingerprint density at radius 1 is 1.53 bits per heavy atom. The van der Waals surface area contributed by atoms with Gasteiger partial charge in [0.15, 0.2) is 11.6 Å². The quantitative estimate of drug-likeness (QED) is 0.872. The first kappa shape index (κ1) is 12.2. The molecule has 2 N–H and O–H groups in total. The Balaban J connectivity index is 2.41. The summed E-state index contributed by atoms with van der Waals surface area (Å²) in [6.07, 6.45) is 1.65. The molecule has 1 aromatic carbocycles. The van der Waals surface area contributed by atoms with Gasteiger partial charge in [-0.3, -0.25) is 4.79 Å². The van der Waals surface area contributed by atoms with Gasteiger partial charge in [0, 0.05) is 16.5 Å². The van der Waals surface area contributed by atoms with Crippen molar-refractivity contribution >= 4 is 17.6 Å². The zero-order chi connectivity index (χ0) is 12.6. The van der Waals surface area contributed by atoms with Crippen molar-refractivity contribution in [3.8, 4) is 5.75 Å². The average molecular weight is 259 g/mol. The molecular formula is C12H12ClFO3. The standard InChI is InChI=1S/C12H12ClFO3/c13-8-3-4-9(14)12(17)11(8)7(5-10(15)16)6-1-2-6/h3-4,6-7,17H,1-2,5H2,(H,15,16). The molecule has 1 atom stereocenters. The maximum Gasteiger partial charge on any atom is 0.303 e. The molecular weight excluding hydrogens is 247 g/mol. The molecule has 1 unspecified atom stereocenters. The Bertz CT molecular complexity index is 457. The first-order chi connectivity index (χ1) is 8.00. The van der Waals surface area contributed by atoms with Gasteiger partial charge in [0.05, 0.1) is 6.42 Å². The number of carbonyl (C=O) groups is 1. The van der Waals surface area contributed by atoms with Crippen molar-refractivity contribution in [2.45, 2.75) is 25.2 Å². The molecule has 0 aliphatic heterocycles. The molecule has 3 nitrogen and oxygen atoms in total. The highest BCUT2D eigenvalue weighted by Gasteiger charge is 2.36. The van der Waals surface area contributed by atoms with Gasteiger partial charge in [-0.2, -0.15) is 0 Å². The van der Waals surface area contributed by atoms with Crippen LogP contribution in [0.1, 0.15) is 30.7 Å². The number of carboxylic acid groups (broad SMARTS) is 1. The van der Waals surface area contributed by atoms with Crippen LogP contribution in [0.5, 0.6) is 5.75 Å². The number of carboxylic acids is 1. The molecule has 0 aromatic heterocycles. The summed E-state index contributed by atoms with van der Waals surface area (Å²) in [4.78, 5) is 10.8. The van der Waals surface area contributed by atoms with Crippen LogP contribution < -0.4 is 0 Å². The van der Waals surface area contributed by atoms with Crippen LogP contribution in [0.4, 0.5) is 4.39 Å². The highest BCUT2D eigenvalue weighted by atomic mass is 35.5. The third-order valence-corrected chi connectivity index (χ3v) is 3.40. The lowest BCUT2D eigenvalue weighted by Crippen LogP contribution is -2.09. The first-order valence-electron chi connectivity index (χ1n) is 5.39. The first-order valence-corrected chi connectivity index (χ1v) is 5.77. The molecule has 0 heterocycles. The van der Waals surface area contributed by atoms with Crippen LogP contribution in [0.15, 0.2) is 12.1 Å². The van der Waals surface area contributed by atoms with Gasteiger partial charge in [0.2, 0.25) is 0 Å². The van der Waals surface area contributed by atoms with E-state index in [1.54, 1.807) is 0 Å². The summed E-state index contributed by atoms with van der Waals surface area (Å²) < 4.78 is 13.3. The van der Waals surface area contributed by atoms with Crippen LogP contribution >= 0.6 is 11.6 Å². The SMILES string of the molecule is O=C(O)CC(c1c(Cl)ccc(F)c1O)C1CC1. The maximum atomic E-state index is 13.3. The molecule has 1 saturated carbocycles. The second-order valence-corrected chi connectivity index (χ2v) is 4.74. The van der Waals surface area contributed by atoms with Gasteiger partial charge in [-0.15, -0.1) is 0 Å². The maximum absolute atomic E-state index is 13.3.